The molecule has 0 radical (unpaired) electrons. The lowest BCUT2D eigenvalue weighted by Gasteiger charge is -2.43. The van der Waals surface area contributed by atoms with Gasteiger partial charge in [-0.05, 0) is 53.3 Å². The van der Waals surface area contributed by atoms with Crippen molar-refractivity contribution in [1.29, 1.82) is 0 Å². The standard InChI is InChI=1S/C19H38S/c1-11(2)15-10-19(8,9)18(17(15)13(5)6)16(12(3)4)14(7)20/h11-18,20H,10H2,1-9H3. The van der Waals surface area contributed by atoms with E-state index in [4.69, 9.17) is 12.6 Å². The highest BCUT2D eigenvalue weighted by atomic mass is 32.1. The summed E-state index contributed by atoms with van der Waals surface area (Å²) in [6.45, 7) is 21.9. The van der Waals surface area contributed by atoms with Crippen molar-refractivity contribution in [3.05, 3.63) is 0 Å². The van der Waals surface area contributed by atoms with Crippen molar-refractivity contribution in [3.63, 3.8) is 0 Å². The quantitative estimate of drug-likeness (QED) is 0.577. The molecule has 1 heteroatoms. The molecule has 0 heterocycles. The predicted octanol–water partition coefficient (Wildman–Crippen LogP) is 6.17. The van der Waals surface area contributed by atoms with Crippen LogP contribution in [0.2, 0.25) is 0 Å². The van der Waals surface area contributed by atoms with Gasteiger partial charge in [0.25, 0.3) is 0 Å². The van der Waals surface area contributed by atoms with Crippen LogP contribution in [0.1, 0.15) is 68.7 Å². The molecule has 5 atom stereocenters. The third-order valence-electron chi connectivity index (χ3n) is 5.94. The van der Waals surface area contributed by atoms with Crippen molar-refractivity contribution in [2.75, 3.05) is 0 Å². The smallest absolute Gasteiger partial charge is 0.00221 e. The fraction of sp³-hybridized carbons (Fsp3) is 1.00. The van der Waals surface area contributed by atoms with Gasteiger partial charge in [-0.25, -0.2) is 0 Å². The Morgan fingerprint density at radius 1 is 0.900 bits per heavy atom. The summed E-state index contributed by atoms with van der Waals surface area (Å²) in [7, 11) is 0. The Morgan fingerprint density at radius 3 is 1.70 bits per heavy atom. The van der Waals surface area contributed by atoms with Crippen molar-refractivity contribution >= 4 is 12.6 Å². The molecule has 1 rings (SSSR count). The second kappa shape index (κ2) is 6.63. The number of hydrogen-bond acceptors (Lipinski definition) is 1. The summed E-state index contributed by atoms with van der Waals surface area (Å²) >= 11 is 4.88. The molecule has 1 aliphatic rings. The fourth-order valence-corrected chi connectivity index (χ4v) is 5.84. The van der Waals surface area contributed by atoms with E-state index in [0.717, 1.165) is 41.4 Å². The first-order valence-corrected chi connectivity index (χ1v) is 9.20. The van der Waals surface area contributed by atoms with Crippen LogP contribution in [0.3, 0.4) is 0 Å². The largest absolute Gasteiger partial charge is 0.176 e. The molecule has 0 nitrogen and oxygen atoms in total. The van der Waals surface area contributed by atoms with Gasteiger partial charge in [0.1, 0.15) is 0 Å². The van der Waals surface area contributed by atoms with Crippen molar-refractivity contribution in [3.8, 4) is 0 Å². The van der Waals surface area contributed by atoms with Gasteiger partial charge in [-0.3, -0.25) is 0 Å². The molecule has 0 aliphatic heterocycles. The van der Waals surface area contributed by atoms with Crippen LogP contribution in [0, 0.1) is 46.8 Å². The summed E-state index contributed by atoms with van der Waals surface area (Å²) < 4.78 is 0. The van der Waals surface area contributed by atoms with E-state index in [-0.39, 0.29) is 0 Å². The van der Waals surface area contributed by atoms with Gasteiger partial charge in [-0.1, -0.05) is 62.3 Å². The summed E-state index contributed by atoms with van der Waals surface area (Å²) in [4.78, 5) is 0. The Balaban J connectivity index is 3.23. The zero-order valence-electron chi connectivity index (χ0n) is 15.3. The van der Waals surface area contributed by atoms with Crippen LogP contribution in [-0.2, 0) is 0 Å². The summed E-state index contributed by atoms with van der Waals surface area (Å²) in [5.74, 6) is 5.57. The Hall–Kier alpha value is 0.350. The molecule has 120 valence electrons. The molecule has 0 aromatic rings. The average molecular weight is 299 g/mol. The van der Waals surface area contributed by atoms with E-state index in [9.17, 15) is 0 Å². The molecule has 0 N–H and O–H groups in total. The van der Waals surface area contributed by atoms with Crippen LogP contribution in [0.25, 0.3) is 0 Å². The van der Waals surface area contributed by atoms with E-state index >= 15 is 0 Å². The Morgan fingerprint density at radius 2 is 1.40 bits per heavy atom. The van der Waals surface area contributed by atoms with E-state index in [2.05, 4.69) is 62.3 Å². The summed E-state index contributed by atoms with van der Waals surface area (Å²) in [6, 6.07) is 0. The average Bonchev–Trinajstić information content (AvgIpc) is 2.50. The van der Waals surface area contributed by atoms with Crippen LogP contribution in [0.5, 0.6) is 0 Å². The Bertz CT molecular complexity index is 293. The molecule has 1 aliphatic carbocycles. The molecule has 0 amide bonds. The van der Waals surface area contributed by atoms with Crippen molar-refractivity contribution in [2.24, 2.45) is 46.8 Å². The van der Waals surface area contributed by atoms with Gasteiger partial charge in [-0.15, -0.1) is 0 Å². The van der Waals surface area contributed by atoms with E-state index in [1.165, 1.54) is 6.42 Å². The molecule has 5 unspecified atom stereocenters. The molecule has 1 fully saturated rings. The maximum Gasteiger partial charge on any atom is 0.00221 e. The SMILES string of the molecule is CC(C)C1CC(C)(C)C(C(C(C)C)C(C)S)C1C(C)C. The monoisotopic (exact) mass is 298 g/mol. The van der Waals surface area contributed by atoms with E-state index in [0.29, 0.717) is 10.7 Å². The molecule has 0 aromatic heterocycles. The van der Waals surface area contributed by atoms with E-state index in [1.807, 2.05) is 0 Å². The van der Waals surface area contributed by atoms with Crippen molar-refractivity contribution in [1.82, 2.24) is 0 Å². The van der Waals surface area contributed by atoms with E-state index < -0.39 is 0 Å². The minimum Gasteiger partial charge on any atom is -0.176 e. The third kappa shape index (κ3) is 3.57. The zero-order valence-corrected chi connectivity index (χ0v) is 16.2. The van der Waals surface area contributed by atoms with Crippen molar-refractivity contribution in [2.45, 2.75) is 74.0 Å². The second-order valence-electron chi connectivity index (χ2n) is 9.01. The first-order chi connectivity index (χ1) is 9.00. The van der Waals surface area contributed by atoms with Crippen LogP contribution >= 0.6 is 12.6 Å². The summed E-state index contributed by atoms with van der Waals surface area (Å²) in [5.41, 5.74) is 0.454. The van der Waals surface area contributed by atoms with Crippen LogP contribution < -0.4 is 0 Å². The summed E-state index contributed by atoms with van der Waals surface area (Å²) in [5, 5.41) is 0.492. The molecule has 0 spiro atoms. The maximum atomic E-state index is 4.88. The van der Waals surface area contributed by atoms with Gasteiger partial charge >= 0.3 is 0 Å². The lowest BCUT2D eigenvalue weighted by molar-refractivity contribution is 0.0725. The first-order valence-electron chi connectivity index (χ1n) is 8.68. The van der Waals surface area contributed by atoms with Crippen molar-refractivity contribution < 1.29 is 0 Å². The first kappa shape index (κ1) is 18.4. The molecule has 20 heavy (non-hydrogen) atoms. The Labute approximate surface area is 133 Å². The van der Waals surface area contributed by atoms with Gasteiger partial charge in [0.15, 0.2) is 0 Å². The molecule has 0 aromatic carbocycles. The predicted molar refractivity (Wildman–Crippen MR) is 95.3 cm³/mol. The lowest BCUT2D eigenvalue weighted by Crippen LogP contribution is -2.39. The minimum absolute atomic E-state index is 0.454. The molecular weight excluding hydrogens is 260 g/mol. The lowest BCUT2D eigenvalue weighted by atomic mass is 9.63. The van der Waals surface area contributed by atoms with Crippen LogP contribution in [-0.4, -0.2) is 5.25 Å². The number of hydrogen-bond donors (Lipinski definition) is 1. The highest BCUT2D eigenvalue weighted by molar-refractivity contribution is 7.80. The normalized spacial score (nSPS) is 33.1. The van der Waals surface area contributed by atoms with Gasteiger partial charge in [0.05, 0.1) is 0 Å². The van der Waals surface area contributed by atoms with Gasteiger partial charge in [0, 0.05) is 5.25 Å². The summed E-state index contributed by atoms with van der Waals surface area (Å²) in [6.07, 6.45) is 1.39. The van der Waals surface area contributed by atoms with Crippen LogP contribution in [0.4, 0.5) is 0 Å². The van der Waals surface area contributed by atoms with Crippen LogP contribution in [0.15, 0.2) is 0 Å². The highest BCUT2D eigenvalue weighted by Gasteiger charge is 2.53. The molecule has 1 saturated carbocycles. The molecule has 0 saturated heterocycles. The van der Waals surface area contributed by atoms with E-state index in [1.54, 1.807) is 0 Å². The van der Waals surface area contributed by atoms with Gasteiger partial charge in [0.2, 0.25) is 0 Å². The number of rotatable bonds is 5. The number of thiol groups is 1. The zero-order chi connectivity index (χ0) is 15.8. The molecular formula is C19H38S. The topological polar surface area (TPSA) is 0 Å². The second-order valence-corrected chi connectivity index (χ2v) is 9.82. The van der Waals surface area contributed by atoms with Gasteiger partial charge in [-0.2, -0.15) is 12.6 Å². The minimum atomic E-state index is 0.454. The third-order valence-corrected chi connectivity index (χ3v) is 6.29. The van der Waals surface area contributed by atoms with Gasteiger partial charge < -0.3 is 0 Å². The fourth-order valence-electron chi connectivity index (χ4n) is 5.31. The Kier molecular flexibility index (Phi) is 6.10. The molecule has 0 bridgehead atoms. The highest BCUT2D eigenvalue weighted by Crippen LogP contribution is 2.59. The maximum absolute atomic E-state index is 4.88.